The number of hydrogen-bond acceptors (Lipinski definition) is 0. The first-order valence-corrected chi connectivity index (χ1v) is 16.0. The predicted molar refractivity (Wildman–Crippen MR) is 143 cm³/mol. The van der Waals surface area contributed by atoms with Gasteiger partial charge in [0.15, 0.2) is 0 Å². The molecule has 0 nitrogen and oxygen atoms in total. The molecule has 0 amide bonds. The summed E-state index contributed by atoms with van der Waals surface area (Å²) in [5.74, 6) is 2.42. The Labute approximate surface area is 204 Å². The molecule has 1 aliphatic heterocycles. The number of unbranched alkanes of at least 4 members (excludes halogenated alkanes) is 2. The van der Waals surface area contributed by atoms with Gasteiger partial charge in [-0.3, -0.25) is 0 Å². The Bertz CT molecular complexity index is 842. The Morgan fingerprint density at radius 1 is 0.788 bits per heavy atom. The number of hydrogen-bond donors (Lipinski definition) is 0. The fourth-order valence-electron chi connectivity index (χ4n) is 6.48. The molecule has 1 radical (unpaired) electrons. The van der Waals surface area contributed by atoms with Crippen molar-refractivity contribution in [1.82, 2.24) is 0 Å². The topological polar surface area (TPSA) is 0 Å². The standard InChI is InChI=1S/C31H44FSi/c1-3-5-6-20-33-21-18-27(19-22-33)25-12-14-26(15-13-25)29-16-17-30(31(32)23-29)28-10-8-24(7-4-2)9-11-28/h8-11,16-17,23,25-27H,3-7,12-15,18-22H2,1-2H3. The lowest BCUT2D eigenvalue weighted by Crippen LogP contribution is -2.28. The minimum Gasteiger partial charge on any atom is -0.206 e. The average Bonchev–Trinajstić information content (AvgIpc) is 2.86. The molecule has 179 valence electrons. The third-order valence-electron chi connectivity index (χ3n) is 8.58. The van der Waals surface area contributed by atoms with Gasteiger partial charge >= 0.3 is 0 Å². The Balaban J connectivity index is 1.28. The summed E-state index contributed by atoms with van der Waals surface area (Å²) in [6.07, 6.45) is 14.8. The number of benzene rings is 2. The van der Waals surface area contributed by atoms with E-state index in [0.29, 0.717) is 5.92 Å². The maximum atomic E-state index is 15.1. The van der Waals surface area contributed by atoms with Gasteiger partial charge < -0.3 is 0 Å². The lowest BCUT2D eigenvalue weighted by Gasteiger charge is -2.37. The van der Waals surface area contributed by atoms with E-state index in [0.717, 1.165) is 35.8 Å². The van der Waals surface area contributed by atoms with Crippen LogP contribution in [0.2, 0.25) is 18.1 Å². The molecule has 0 atom stereocenters. The normalized spacial score (nSPS) is 22.5. The molecule has 0 spiro atoms. The summed E-state index contributed by atoms with van der Waals surface area (Å²) in [6.45, 7) is 4.51. The van der Waals surface area contributed by atoms with Gasteiger partial charge in [0.1, 0.15) is 5.82 Å². The third kappa shape index (κ3) is 6.59. The van der Waals surface area contributed by atoms with E-state index in [1.54, 1.807) is 18.1 Å². The van der Waals surface area contributed by atoms with Crippen LogP contribution >= 0.6 is 0 Å². The second-order valence-electron chi connectivity index (χ2n) is 10.8. The highest BCUT2D eigenvalue weighted by molar-refractivity contribution is 6.58. The largest absolute Gasteiger partial charge is 0.206 e. The van der Waals surface area contributed by atoms with Crippen molar-refractivity contribution in [3.63, 3.8) is 0 Å². The van der Waals surface area contributed by atoms with Gasteiger partial charge in [-0.15, -0.1) is 0 Å². The molecule has 1 saturated carbocycles. The lowest BCUT2D eigenvalue weighted by molar-refractivity contribution is 0.216. The minimum absolute atomic E-state index is 0.0225. The van der Waals surface area contributed by atoms with Crippen LogP contribution in [0.5, 0.6) is 0 Å². The number of rotatable bonds is 9. The SMILES string of the molecule is CCCCC[Si]1CCC(C2CCC(c3ccc(-c4ccc(CCC)cc4)c(F)c3)CC2)CC1. The summed E-state index contributed by atoms with van der Waals surface area (Å²) in [7, 11) is -0.0225. The van der Waals surface area contributed by atoms with Crippen LogP contribution in [0.1, 0.15) is 95.1 Å². The van der Waals surface area contributed by atoms with Crippen LogP contribution in [0.25, 0.3) is 11.1 Å². The summed E-state index contributed by atoms with van der Waals surface area (Å²) < 4.78 is 15.1. The molecule has 2 aromatic carbocycles. The van der Waals surface area contributed by atoms with Gasteiger partial charge in [0, 0.05) is 14.4 Å². The highest BCUT2D eigenvalue weighted by atomic mass is 28.3. The molecule has 1 heterocycles. The van der Waals surface area contributed by atoms with E-state index in [9.17, 15) is 0 Å². The summed E-state index contributed by atoms with van der Waals surface area (Å²) in [6, 6.07) is 19.2. The molecule has 2 fully saturated rings. The first-order chi connectivity index (χ1) is 16.2. The summed E-state index contributed by atoms with van der Waals surface area (Å²) in [5.41, 5.74) is 4.30. The van der Waals surface area contributed by atoms with Crippen molar-refractivity contribution in [1.29, 1.82) is 0 Å². The van der Waals surface area contributed by atoms with E-state index in [-0.39, 0.29) is 14.6 Å². The Morgan fingerprint density at radius 2 is 1.48 bits per heavy atom. The third-order valence-corrected chi connectivity index (χ3v) is 11.6. The van der Waals surface area contributed by atoms with Crippen LogP contribution in [0.4, 0.5) is 4.39 Å². The zero-order valence-electron chi connectivity index (χ0n) is 21.1. The first kappa shape index (κ1) is 24.7. The van der Waals surface area contributed by atoms with Crippen LogP contribution in [-0.2, 0) is 6.42 Å². The molecular weight excluding hydrogens is 419 g/mol. The second-order valence-corrected chi connectivity index (χ2v) is 13.8. The van der Waals surface area contributed by atoms with Crippen LogP contribution in [0, 0.1) is 17.7 Å². The van der Waals surface area contributed by atoms with Crippen molar-refractivity contribution in [3.05, 3.63) is 59.4 Å². The molecule has 1 aliphatic carbocycles. The van der Waals surface area contributed by atoms with Crippen molar-refractivity contribution >= 4 is 8.80 Å². The number of halogens is 1. The van der Waals surface area contributed by atoms with Gasteiger partial charge in [-0.05, 0) is 72.6 Å². The van der Waals surface area contributed by atoms with E-state index in [1.165, 1.54) is 68.9 Å². The van der Waals surface area contributed by atoms with Crippen LogP contribution in [0.3, 0.4) is 0 Å². The van der Waals surface area contributed by atoms with E-state index in [2.05, 4.69) is 44.2 Å². The van der Waals surface area contributed by atoms with Gasteiger partial charge in [-0.1, -0.05) is 107 Å². The van der Waals surface area contributed by atoms with E-state index >= 15 is 4.39 Å². The Kier molecular flexibility index (Phi) is 9.24. The highest BCUT2D eigenvalue weighted by Crippen LogP contribution is 2.44. The lowest BCUT2D eigenvalue weighted by atomic mass is 9.72. The fraction of sp³-hybridized carbons (Fsp3) is 0.613. The Morgan fingerprint density at radius 3 is 2.12 bits per heavy atom. The first-order valence-electron chi connectivity index (χ1n) is 13.9. The molecule has 0 bridgehead atoms. The zero-order chi connectivity index (χ0) is 23.0. The summed E-state index contributed by atoms with van der Waals surface area (Å²) >= 11 is 0. The molecule has 2 aliphatic rings. The molecule has 4 rings (SSSR count). The highest BCUT2D eigenvalue weighted by Gasteiger charge is 2.31. The summed E-state index contributed by atoms with van der Waals surface area (Å²) in [4.78, 5) is 0. The quantitative estimate of drug-likeness (QED) is 0.256. The van der Waals surface area contributed by atoms with Crippen LogP contribution < -0.4 is 0 Å². The molecule has 1 saturated heterocycles. The maximum absolute atomic E-state index is 15.1. The van der Waals surface area contributed by atoms with E-state index in [1.807, 2.05) is 12.1 Å². The van der Waals surface area contributed by atoms with Gasteiger partial charge in [-0.2, -0.15) is 0 Å². The summed E-state index contributed by atoms with van der Waals surface area (Å²) in [5, 5.41) is 0. The van der Waals surface area contributed by atoms with Gasteiger partial charge in [-0.25, -0.2) is 4.39 Å². The molecule has 0 N–H and O–H groups in total. The van der Waals surface area contributed by atoms with Crippen molar-refractivity contribution < 1.29 is 4.39 Å². The van der Waals surface area contributed by atoms with Crippen molar-refractivity contribution in [2.45, 2.75) is 109 Å². The van der Waals surface area contributed by atoms with Gasteiger partial charge in [0.05, 0.1) is 0 Å². The zero-order valence-corrected chi connectivity index (χ0v) is 22.1. The maximum Gasteiger partial charge on any atom is 0.131 e. The van der Waals surface area contributed by atoms with Crippen molar-refractivity contribution in [3.8, 4) is 11.1 Å². The average molecular weight is 464 g/mol. The van der Waals surface area contributed by atoms with E-state index in [4.69, 9.17) is 0 Å². The van der Waals surface area contributed by atoms with Crippen molar-refractivity contribution in [2.24, 2.45) is 11.8 Å². The molecule has 33 heavy (non-hydrogen) atoms. The van der Waals surface area contributed by atoms with Crippen LogP contribution in [0.15, 0.2) is 42.5 Å². The second kappa shape index (κ2) is 12.3. The molecule has 0 aromatic heterocycles. The fourth-order valence-corrected chi connectivity index (χ4v) is 9.54. The molecule has 2 aromatic rings. The molecular formula is C31H44FSi. The smallest absolute Gasteiger partial charge is 0.131 e. The van der Waals surface area contributed by atoms with Crippen LogP contribution in [-0.4, -0.2) is 8.80 Å². The monoisotopic (exact) mass is 463 g/mol. The minimum atomic E-state index is -0.0529. The van der Waals surface area contributed by atoms with Gasteiger partial charge in [0.25, 0.3) is 0 Å². The molecule has 2 heteroatoms. The molecule has 0 unspecified atom stereocenters. The Hall–Kier alpha value is -1.41. The van der Waals surface area contributed by atoms with Crippen molar-refractivity contribution in [2.75, 3.05) is 0 Å². The van der Waals surface area contributed by atoms with E-state index < -0.39 is 0 Å². The predicted octanol–water partition coefficient (Wildman–Crippen LogP) is 9.81. The number of aryl methyl sites for hydroxylation is 1. The van der Waals surface area contributed by atoms with Gasteiger partial charge in [0.2, 0.25) is 0 Å².